The van der Waals surface area contributed by atoms with E-state index in [0.29, 0.717) is 22.6 Å². The largest absolute Gasteiger partial charge is 0.437 e. The van der Waals surface area contributed by atoms with Crippen molar-refractivity contribution < 1.29 is 13.2 Å². The molecule has 0 aliphatic rings. The summed E-state index contributed by atoms with van der Waals surface area (Å²) in [6, 6.07) is 15.5. The molecule has 0 unspecified atom stereocenters. The second-order valence-electron chi connectivity index (χ2n) is 7.10. The molecule has 0 saturated heterocycles. The van der Waals surface area contributed by atoms with E-state index in [1.54, 1.807) is 18.3 Å². The van der Waals surface area contributed by atoms with Crippen LogP contribution in [0.5, 0.6) is 0 Å². The summed E-state index contributed by atoms with van der Waals surface area (Å²) in [5.41, 5.74) is 6.08. The minimum Gasteiger partial charge on any atom is -0.437 e. The Morgan fingerprint density at radius 2 is 1.59 bits per heavy atom. The van der Waals surface area contributed by atoms with E-state index in [9.17, 15) is 8.78 Å². The van der Waals surface area contributed by atoms with Crippen molar-refractivity contribution in [2.75, 3.05) is 0 Å². The van der Waals surface area contributed by atoms with Crippen LogP contribution >= 0.6 is 0 Å². The Hall–Kier alpha value is -3.60. The predicted octanol–water partition coefficient (Wildman–Crippen LogP) is 6.61. The number of rotatable bonds is 2. The van der Waals surface area contributed by atoms with Gasteiger partial charge in [0.2, 0.25) is 5.71 Å². The lowest BCUT2D eigenvalue weighted by molar-refractivity contribution is 0.509. The number of fused-ring (bicyclic) bond motifs is 3. The molecule has 3 heterocycles. The van der Waals surface area contributed by atoms with E-state index in [0.717, 1.165) is 39.2 Å². The normalized spacial score (nSPS) is 11.4. The molecule has 5 heteroatoms. The highest BCUT2D eigenvalue weighted by Gasteiger charge is 2.17. The highest BCUT2D eigenvalue weighted by Crippen LogP contribution is 2.37. The number of furan rings is 1. The average molecular weight is 386 g/mol. The fourth-order valence-electron chi connectivity index (χ4n) is 3.65. The predicted molar refractivity (Wildman–Crippen MR) is 110 cm³/mol. The van der Waals surface area contributed by atoms with E-state index >= 15 is 0 Å². The maximum Gasteiger partial charge on any atom is 0.227 e. The minimum atomic E-state index is -0.877. The Bertz CT molecular complexity index is 1410. The summed E-state index contributed by atoms with van der Waals surface area (Å²) >= 11 is 0. The molecule has 5 rings (SSSR count). The quantitative estimate of drug-likeness (QED) is 0.343. The molecule has 142 valence electrons. The molecule has 0 fully saturated rings. The summed E-state index contributed by atoms with van der Waals surface area (Å²) in [5, 5.41) is 1.91. The van der Waals surface area contributed by atoms with E-state index in [4.69, 9.17) is 4.42 Å². The van der Waals surface area contributed by atoms with E-state index in [1.807, 2.05) is 44.2 Å². The first-order valence-electron chi connectivity index (χ1n) is 9.22. The summed E-state index contributed by atoms with van der Waals surface area (Å²) in [5.74, 6) is -1.74. The Balaban J connectivity index is 1.74. The van der Waals surface area contributed by atoms with Gasteiger partial charge in [-0.25, -0.2) is 13.8 Å². The zero-order valence-corrected chi connectivity index (χ0v) is 15.8. The Morgan fingerprint density at radius 3 is 2.41 bits per heavy atom. The van der Waals surface area contributed by atoms with Crippen LogP contribution in [0, 0.1) is 25.5 Å². The Morgan fingerprint density at radius 1 is 0.793 bits per heavy atom. The topological polar surface area (TPSA) is 38.9 Å². The average Bonchev–Trinajstić information content (AvgIpc) is 3.07. The number of aryl methyl sites for hydroxylation is 2. The fourth-order valence-corrected chi connectivity index (χ4v) is 3.65. The Labute approximate surface area is 165 Å². The van der Waals surface area contributed by atoms with Crippen molar-refractivity contribution in [1.29, 1.82) is 0 Å². The van der Waals surface area contributed by atoms with Gasteiger partial charge in [0.25, 0.3) is 0 Å². The van der Waals surface area contributed by atoms with Crippen LogP contribution in [0.1, 0.15) is 11.3 Å². The van der Waals surface area contributed by atoms with Gasteiger partial charge in [0.05, 0.1) is 5.69 Å². The molecule has 3 aromatic heterocycles. The maximum atomic E-state index is 13.7. The molecular weight excluding hydrogens is 370 g/mol. The van der Waals surface area contributed by atoms with E-state index in [2.05, 4.69) is 9.97 Å². The minimum absolute atomic E-state index is 0.583. The monoisotopic (exact) mass is 386 g/mol. The van der Waals surface area contributed by atoms with Gasteiger partial charge < -0.3 is 4.42 Å². The van der Waals surface area contributed by atoms with Crippen molar-refractivity contribution in [3.8, 4) is 22.4 Å². The van der Waals surface area contributed by atoms with Crippen molar-refractivity contribution in [2.24, 2.45) is 0 Å². The molecule has 0 saturated carbocycles. The van der Waals surface area contributed by atoms with Gasteiger partial charge in [0.15, 0.2) is 11.6 Å². The first-order valence-corrected chi connectivity index (χ1v) is 9.22. The molecule has 5 aromatic rings. The number of hydrogen-bond acceptors (Lipinski definition) is 3. The molecule has 0 spiro atoms. The third-order valence-electron chi connectivity index (χ3n) is 5.12. The van der Waals surface area contributed by atoms with Crippen LogP contribution < -0.4 is 0 Å². The summed E-state index contributed by atoms with van der Waals surface area (Å²) in [7, 11) is 0. The number of benzene rings is 2. The smallest absolute Gasteiger partial charge is 0.227 e. The van der Waals surface area contributed by atoms with Gasteiger partial charge >= 0.3 is 0 Å². The second kappa shape index (κ2) is 6.48. The molecule has 0 amide bonds. The summed E-state index contributed by atoms with van der Waals surface area (Å²) in [6.45, 7) is 3.91. The second-order valence-corrected chi connectivity index (χ2v) is 7.10. The molecule has 2 aromatic carbocycles. The number of hydrogen-bond donors (Lipinski definition) is 0. The molecule has 29 heavy (non-hydrogen) atoms. The van der Waals surface area contributed by atoms with E-state index < -0.39 is 11.6 Å². The molecule has 0 N–H and O–H groups in total. The van der Waals surface area contributed by atoms with Gasteiger partial charge in [-0.3, -0.25) is 4.98 Å². The molecular formula is C24H16F2N2O. The van der Waals surface area contributed by atoms with Crippen molar-refractivity contribution >= 4 is 22.1 Å². The highest BCUT2D eigenvalue weighted by molar-refractivity contribution is 6.09. The SMILES string of the molecule is Cc1ccc2c(n1)oc1c(-c3cc(-c4ccc(F)c(F)c4)ccn3)c(C)ccc12. The number of aromatic nitrogens is 2. The van der Waals surface area contributed by atoms with Crippen LogP contribution in [0.25, 0.3) is 44.5 Å². The van der Waals surface area contributed by atoms with E-state index in [1.165, 1.54) is 6.07 Å². The third kappa shape index (κ3) is 2.86. The van der Waals surface area contributed by atoms with Crippen molar-refractivity contribution in [3.05, 3.63) is 83.7 Å². The molecule has 3 nitrogen and oxygen atoms in total. The Kier molecular flexibility index (Phi) is 3.91. The summed E-state index contributed by atoms with van der Waals surface area (Å²) in [4.78, 5) is 9.02. The number of nitrogens with zero attached hydrogens (tertiary/aromatic N) is 2. The van der Waals surface area contributed by atoms with Gasteiger partial charge in [0.1, 0.15) is 5.58 Å². The van der Waals surface area contributed by atoms with Crippen molar-refractivity contribution in [3.63, 3.8) is 0 Å². The third-order valence-corrected chi connectivity index (χ3v) is 5.12. The molecule has 0 bridgehead atoms. The van der Waals surface area contributed by atoms with Crippen LogP contribution in [0.15, 0.2) is 65.2 Å². The van der Waals surface area contributed by atoms with Crippen molar-refractivity contribution in [1.82, 2.24) is 9.97 Å². The lowest BCUT2D eigenvalue weighted by atomic mass is 9.98. The molecule has 0 aliphatic heterocycles. The van der Waals surface area contributed by atoms with Crippen LogP contribution in [0.3, 0.4) is 0 Å². The van der Waals surface area contributed by atoms with Gasteiger partial charge in [-0.1, -0.05) is 18.2 Å². The van der Waals surface area contributed by atoms with E-state index in [-0.39, 0.29) is 0 Å². The fraction of sp³-hybridized carbons (Fsp3) is 0.0833. The number of pyridine rings is 2. The van der Waals surface area contributed by atoms with Gasteiger partial charge in [-0.2, -0.15) is 0 Å². The van der Waals surface area contributed by atoms with Crippen LogP contribution in [0.4, 0.5) is 8.78 Å². The zero-order valence-electron chi connectivity index (χ0n) is 15.8. The maximum absolute atomic E-state index is 13.7. The molecule has 0 atom stereocenters. The van der Waals surface area contributed by atoms with Crippen LogP contribution in [-0.2, 0) is 0 Å². The van der Waals surface area contributed by atoms with Gasteiger partial charge in [-0.15, -0.1) is 0 Å². The summed E-state index contributed by atoms with van der Waals surface area (Å²) < 4.78 is 33.1. The highest BCUT2D eigenvalue weighted by atomic mass is 19.2. The lowest BCUT2D eigenvalue weighted by Crippen LogP contribution is -1.90. The lowest BCUT2D eigenvalue weighted by Gasteiger charge is -2.09. The first kappa shape index (κ1) is 17.5. The molecule has 0 aliphatic carbocycles. The van der Waals surface area contributed by atoms with Crippen LogP contribution in [0.2, 0.25) is 0 Å². The van der Waals surface area contributed by atoms with Crippen molar-refractivity contribution in [2.45, 2.75) is 13.8 Å². The molecule has 0 radical (unpaired) electrons. The van der Waals surface area contributed by atoms with Crippen LogP contribution in [-0.4, -0.2) is 9.97 Å². The van der Waals surface area contributed by atoms with Gasteiger partial charge in [-0.05, 0) is 66.9 Å². The summed E-state index contributed by atoms with van der Waals surface area (Å²) in [6.07, 6.45) is 1.66. The standard InChI is InChI=1S/C24H16F2N2O/c1-13-3-6-17-18-7-4-14(2)28-24(18)29-23(17)22(13)21-12-16(9-10-27-21)15-5-8-19(25)20(26)11-15/h3-12H,1-2H3. The zero-order chi connectivity index (χ0) is 20.1. The first-order chi connectivity index (χ1) is 14.0. The number of halogens is 2. The van der Waals surface area contributed by atoms with Gasteiger partial charge in [0, 0.05) is 28.2 Å².